The van der Waals surface area contributed by atoms with Crippen molar-refractivity contribution in [3.8, 4) is 11.5 Å². The number of nitrogens with one attached hydrogen (secondary N) is 1. The minimum Gasteiger partial charge on any atom is -0.493 e. The van der Waals surface area contributed by atoms with Gasteiger partial charge < -0.3 is 24.4 Å². The van der Waals surface area contributed by atoms with Crippen LogP contribution in [0.15, 0.2) is 71.2 Å². The smallest absolute Gasteiger partial charge is 0.162 e. The van der Waals surface area contributed by atoms with E-state index in [4.69, 9.17) is 14.2 Å². The van der Waals surface area contributed by atoms with Gasteiger partial charge in [0.1, 0.15) is 6.61 Å². The van der Waals surface area contributed by atoms with Crippen LogP contribution in [0.1, 0.15) is 11.1 Å². The van der Waals surface area contributed by atoms with Crippen molar-refractivity contribution >= 4 is 27.3 Å². The third kappa shape index (κ3) is 5.71. The molecule has 5 nitrogen and oxygen atoms in total. The summed E-state index contributed by atoms with van der Waals surface area (Å²) in [5.41, 5.74) is 4.53. The lowest BCUT2D eigenvalue weighted by Crippen LogP contribution is -2.36. The zero-order valence-electron chi connectivity index (χ0n) is 17.6. The fraction of sp³-hybridized carbons (Fsp3) is 0.280. The average Bonchev–Trinajstić information content (AvgIpc) is 2.83. The molecule has 0 aromatic heterocycles. The highest BCUT2D eigenvalue weighted by Crippen LogP contribution is 2.34. The maximum absolute atomic E-state index is 5.99. The topological polar surface area (TPSA) is 43.0 Å². The van der Waals surface area contributed by atoms with Gasteiger partial charge in [-0.2, -0.15) is 0 Å². The van der Waals surface area contributed by atoms with E-state index in [0.29, 0.717) is 13.2 Å². The molecule has 0 saturated carbocycles. The zero-order valence-corrected chi connectivity index (χ0v) is 19.2. The van der Waals surface area contributed by atoms with Crippen molar-refractivity contribution in [2.45, 2.75) is 13.2 Å². The summed E-state index contributed by atoms with van der Waals surface area (Å²) in [6, 6.07) is 22.6. The molecule has 1 saturated heterocycles. The second-order valence-corrected chi connectivity index (χ2v) is 8.22. The van der Waals surface area contributed by atoms with E-state index in [0.717, 1.165) is 59.1 Å². The minimum atomic E-state index is 0.497. The van der Waals surface area contributed by atoms with Crippen LogP contribution in [-0.2, 0) is 17.9 Å². The molecule has 3 aromatic rings. The molecule has 0 amide bonds. The molecule has 0 bridgehead atoms. The molecule has 1 N–H and O–H groups in total. The predicted octanol–water partition coefficient (Wildman–Crippen LogP) is 5.49. The molecule has 3 aromatic carbocycles. The second kappa shape index (κ2) is 10.6. The third-order valence-electron chi connectivity index (χ3n) is 5.30. The van der Waals surface area contributed by atoms with Crippen molar-refractivity contribution in [2.75, 3.05) is 43.6 Å². The molecule has 1 aliphatic heterocycles. The van der Waals surface area contributed by atoms with Gasteiger partial charge >= 0.3 is 0 Å². The third-order valence-corrected chi connectivity index (χ3v) is 6.03. The number of nitrogens with zero attached hydrogens (tertiary/aromatic N) is 1. The standard InChI is InChI=1S/C25H27BrN2O3/c1-29-24-15-20(23(26)16-25(24)31-18-19-5-3-2-4-6-19)17-27-21-7-9-22(10-8-21)28-11-13-30-14-12-28/h2-10,15-16,27H,11-14,17-18H2,1H3. The molecule has 6 heteroatoms. The highest BCUT2D eigenvalue weighted by atomic mass is 79.9. The molecular weight excluding hydrogens is 456 g/mol. The van der Waals surface area contributed by atoms with Crippen molar-refractivity contribution in [3.63, 3.8) is 0 Å². The number of hydrogen-bond donors (Lipinski definition) is 1. The number of methoxy groups -OCH3 is 1. The van der Waals surface area contributed by atoms with E-state index in [2.05, 4.69) is 50.4 Å². The monoisotopic (exact) mass is 482 g/mol. The minimum absolute atomic E-state index is 0.497. The van der Waals surface area contributed by atoms with E-state index >= 15 is 0 Å². The molecule has 162 valence electrons. The maximum Gasteiger partial charge on any atom is 0.162 e. The van der Waals surface area contributed by atoms with Gasteiger partial charge in [-0.3, -0.25) is 0 Å². The first kappa shape index (κ1) is 21.5. The normalized spacial score (nSPS) is 13.7. The van der Waals surface area contributed by atoms with E-state index in [1.54, 1.807) is 7.11 Å². The first-order valence-corrected chi connectivity index (χ1v) is 11.2. The Morgan fingerprint density at radius 3 is 2.42 bits per heavy atom. The van der Waals surface area contributed by atoms with E-state index in [9.17, 15) is 0 Å². The maximum atomic E-state index is 5.99. The number of morpholine rings is 1. The Kier molecular flexibility index (Phi) is 7.33. The summed E-state index contributed by atoms with van der Waals surface area (Å²) >= 11 is 3.68. The number of benzene rings is 3. The molecule has 0 radical (unpaired) electrons. The second-order valence-electron chi connectivity index (χ2n) is 7.37. The van der Waals surface area contributed by atoms with Crippen LogP contribution in [0.3, 0.4) is 0 Å². The van der Waals surface area contributed by atoms with Gasteiger partial charge in [-0.15, -0.1) is 0 Å². The average molecular weight is 483 g/mol. The summed E-state index contributed by atoms with van der Waals surface area (Å²) in [5, 5.41) is 3.49. The fourth-order valence-corrected chi connectivity index (χ4v) is 3.99. The SMILES string of the molecule is COc1cc(CNc2ccc(N3CCOCC3)cc2)c(Br)cc1OCc1ccccc1. The number of halogens is 1. The van der Waals surface area contributed by atoms with Gasteiger partial charge in [0.2, 0.25) is 0 Å². The molecule has 0 spiro atoms. The molecule has 1 aliphatic rings. The van der Waals surface area contributed by atoms with E-state index in [1.165, 1.54) is 5.69 Å². The number of anilines is 2. The molecule has 4 rings (SSSR count). The van der Waals surface area contributed by atoms with E-state index < -0.39 is 0 Å². The lowest BCUT2D eigenvalue weighted by Gasteiger charge is -2.29. The summed E-state index contributed by atoms with van der Waals surface area (Å²) in [4.78, 5) is 2.35. The zero-order chi connectivity index (χ0) is 21.5. The highest BCUT2D eigenvalue weighted by molar-refractivity contribution is 9.10. The van der Waals surface area contributed by atoms with E-state index in [1.807, 2.05) is 42.5 Å². The van der Waals surface area contributed by atoms with Crippen molar-refractivity contribution in [1.82, 2.24) is 0 Å². The number of ether oxygens (including phenoxy) is 3. The summed E-state index contributed by atoms with van der Waals surface area (Å²) in [5.74, 6) is 1.44. The lowest BCUT2D eigenvalue weighted by atomic mass is 10.2. The van der Waals surface area contributed by atoms with Gasteiger partial charge in [-0.25, -0.2) is 0 Å². The Balaban J connectivity index is 1.39. The van der Waals surface area contributed by atoms with Gasteiger partial charge in [0, 0.05) is 35.5 Å². The van der Waals surface area contributed by atoms with Gasteiger partial charge in [-0.05, 0) is 47.5 Å². The van der Waals surface area contributed by atoms with Crippen LogP contribution in [0.5, 0.6) is 11.5 Å². The van der Waals surface area contributed by atoms with Crippen LogP contribution in [-0.4, -0.2) is 33.4 Å². The van der Waals surface area contributed by atoms with Crippen LogP contribution >= 0.6 is 15.9 Å². The molecule has 0 aliphatic carbocycles. The van der Waals surface area contributed by atoms with Gasteiger partial charge in [0.25, 0.3) is 0 Å². The highest BCUT2D eigenvalue weighted by Gasteiger charge is 2.12. The largest absolute Gasteiger partial charge is 0.493 e. The van der Waals surface area contributed by atoms with Crippen LogP contribution in [0.25, 0.3) is 0 Å². The molecule has 1 heterocycles. The van der Waals surface area contributed by atoms with Crippen molar-refractivity contribution < 1.29 is 14.2 Å². The van der Waals surface area contributed by atoms with Crippen LogP contribution in [0, 0.1) is 0 Å². The quantitative estimate of drug-likeness (QED) is 0.460. The Bertz CT molecular complexity index is 974. The Morgan fingerprint density at radius 1 is 0.968 bits per heavy atom. The first-order valence-electron chi connectivity index (χ1n) is 10.4. The number of rotatable bonds is 8. The first-order chi connectivity index (χ1) is 15.2. The number of hydrogen-bond acceptors (Lipinski definition) is 5. The summed E-state index contributed by atoms with van der Waals surface area (Å²) in [7, 11) is 1.67. The Morgan fingerprint density at radius 2 is 1.71 bits per heavy atom. The van der Waals surface area contributed by atoms with Crippen molar-refractivity contribution in [1.29, 1.82) is 0 Å². The van der Waals surface area contributed by atoms with Gasteiger partial charge in [0.05, 0.1) is 20.3 Å². The van der Waals surface area contributed by atoms with Crippen LogP contribution in [0.4, 0.5) is 11.4 Å². The van der Waals surface area contributed by atoms with Crippen LogP contribution in [0.2, 0.25) is 0 Å². The van der Waals surface area contributed by atoms with Crippen molar-refractivity contribution in [2.24, 2.45) is 0 Å². The molecule has 0 atom stereocenters. The Labute approximate surface area is 192 Å². The molecular formula is C25H27BrN2O3. The van der Waals surface area contributed by atoms with Crippen molar-refractivity contribution in [3.05, 3.63) is 82.3 Å². The van der Waals surface area contributed by atoms with Crippen LogP contribution < -0.4 is 19.7 Å². The Hall–Kier alpha value is -2.70. The lowest BCUT2D eigenvalue weighted by molar-refractivity contribution is 0.122. The fourth-order valence-electron chi connectivity index (χ4n) is 3.53. The molecule has 0 unspecified atom stereocenters. The summed E-state index contributed by atoms with van der Waals surface area (Å²) < 4.78 is 18.0. The summed E-state index contributed by atoms with van der Waals surface area (Å²) in [6.07, 6.45) is 0. The van der Waals surface area contributed by atoms with Gasteiger partial charge in [-0.1, -0.05) is 46.3 Å². The van der Waals surface area contributed by atoms with Gasteiger partial charge in [0.15, 0.2) is 11.5 Å². The molecule has 1 fully saturated rings. The predicted molar refractivity (Wildman–Crippen MR) is 128 cm³/mol. The molecule has 31 heavy (non-hydrogen) atoms. The summed E-state index contributed by atoms with van der Waals surface area (Å²) in [6.45, 7) is 4.64. The van der Waals surface area contributed by atoms with E-state index in [-0.39, 0.29) is 0 Å².